The molecule has 1 atom stereocenters. The zero-order chi connectivity index (χ0) is 13.8. The molecule has 0 spiro atoms. The molecule has 0 N–H and O–H groups in total. The van der Waals surface area contributed by atoms with E-state index in [1.807, 2.05) is 50.3 Å². The van der Waals surface area contributed by atoms with Crippen LogP contribution in [0, 0.1) is 0 Å². The lowest BCUT2D eigenvalue weighted by molar-refractivity contribution is -0.140. The molecule has 0 fully saturated rings. The first-order valence-corrected chi connectivity index (χ1v) is 6.29. The molecule has 0 aliphatic carbocycles. The first-order chi connectivity index (χ1) is 9.13. The van der Waals surface area contributed by atoms with E-state index in [2.05, 4.69) is 0 Å². The molecular weight excluding hydrogens is 240 g/mol. The van der Waals surface area contributed by atoms with E-state index in [1.165, 1.54) is 5.57 Å². The molecular formula is C16H18O3. The van der Waals surface area contributed by atoms with Crippen LogP contribution in [0.25, 0.3) is 0 Å². The summed E-state index contributed by atoms with van der Waals surface area (Å²) in [5.74, 6) is 0.330. The molecule has 1 heterocycles. The number of esters is 1. The van der Waals surface area contributed by atoms with E-state index in [1.54, 1.807) is 7.11 Å². The van der Waals surface area contributed by atoms with Gasteiger partial charge in [-0.25, -0.2) is 4.79 Å². The summed E-state index contributed by atoms with van der Waals surface area (Å²) in [5, 5.41) is 0. The fraction of sp³-hybridized carbons (Fsp3) is 0.312. The van der Waals surface area contributed by atoms with Gasteiger partial charge in [0.15, 0.2) is 11.9 Å². The van der Waals surface area contributed by atoms with Crippen LogP contribution in [0.2, 0.25) is 0 Å². The summed E-state index contributed by atoms with van der Waals surface area (Å²) < 4.78 is 10.8. The van der Waals surface area contributed by atoms with E-state index >= 15 is 0 Å². The van der Waals surface area contributed by atoms with Gasteiger partial charge < -0.3 is 9.47 Å². The third-order valence-corrected chi connectivity index (χ3v) is 3.04. The van der Waals surface area contributed by atoms with E-state index < -0.39 is 6.10 Å². The Morgan fingerprint density at radius 1 is 1.32 bits per heavy atom. The summed E-state index contributed by atoms with van der Waals surface area (Å²) >= 11 is 0. The predicted molar refractivity (Wildman–Crippen MR) is 73.4 cm³/mol. The van der Waals surface area contributed by atoms with E-state index in [9.17, 15) is 4.79 Å². The van der Waals surface area contributed by atoms with E-state index in [-0.39, 0.29) is 5.97 Å². The summed E-state index contributed by atoms with van der Waals surface area (Å²) in [5.41, 5.74) is 2.70. The molecule has 0 saturated carbocycles. The normalized spacial score (nSPS) is 18.3. The number of hydrogen-bond acceptors (Lipinski definition) is 3. The molecule has 0 radical (unpaired) electrons. The lowest BCUT2D eigenvalue weighted by Crippen LogP contribution is -2.03. The third kappa shape index (κ3) is 2.87. The first kappa shape index (κ1) is 13.4. The van der Waals surface area contributed by atoms with Crippen LogP contribution in [-0.2, 0) is 14.3 Å². The minimum absolute atomic E-state index is 0.289. The molecule has 2 rings (SSSR count). The summed E-state index contributed by atoms with van der Waals surface area (Å²) in [7, 11) is 1.58. The van der Waals surface area contributed by atoms with Crippen molar-refractivity contribution >= 4 is 5.97 Å². The molecule has 1 aliphatic rings. The van der Waals surface area contributed by atoms with Crippen LogP contribution < -0.4 is 0 Å². The Morgan fingerprint density at radius 2 is 2.00 bits per heavy atom. The molecule has 1 aliphatic heterocycles. The largest absolute Gasteiger partial charge is 0.496 e. The van der Waals surface area contributed by atoms with Crippen molar-refractivity contribution in [3.63, 3.8) is 0 Å². The zero-order valence-electron chi connectivity index (χ0n) is 11.5. The fourth-order valence-electron chi connectivity index (χ4n) is 2.06. The molecule has 0 bridgehead atoms. The van der Waals surface area contributed by atoms with Crippen molar-refractivity contribution in [3.05, 3.63) is 58.9 Å². The quantitative estimate of drug-likeness (QED) is 0.612. The van der Waals surface area contributed by atoms with Gasteiger partial charge in [-0.05, 0) is 13.8 Å². The number of carbonyl (C=O) groups excluding carboxylic acids is 1. The molecule has 100 valence electrons. The minimum Gasteiger partial charge on any atom is -0.496 e. The van der Waals surface area contributed by atoms with Gasteiger partial charge in [-0.15, -0.1) is 0 Å². The topological polar surface area (TPSA) is 35.5 Å². The molecule has 1 aromatic rings. The summed E-state index contributed by atoms with van der Waals surface area (Å²) in [6.45, 7) is 4.00. The van der Waals surface area contributed by atoms with Gasteiger partial charge in [-0.3, -0.25) is 0 Å². The number of rotatable bonds is 4. The van der Waals surface area contributed by atoms with Gasteiger partial charge in [0.2, 0.25) is 0 Å². The van der Waals surface area contributed by atoms with Crippen molar-refractivity contribution in [1.82, 2.24) is 0 Å². The molecule has 1 aromatic carbocycles. The average Bonchev–Trinajstić information content (AvgIpc) is 2.73. The van der Waals surface area contributed by atoms with Crippen LogP contribution in [0.1, 0.15) is 31.9 Å². The molecule has 3 heteroatoms. The summed E-state index contributed by atoms with van der Waals surface area (Å²) in [6, 6.07) is 9.64. The van der Waals surface area contributed by atoms with E-state index in [0.29, 0.717) is 17.8 Å². The van der Waals surface area contributed by atoms with Crippen LogP contribution in [0.4, 0.5) is 0 Å². The number of carbonyl (C=O) groups is 1. The van der Waals surface area contributed by atoms with Gasteiger partial charge in [0, 0.05) is 12.0 Å². The highest BCUT2D eigenvalue weighted by Crippen LogP contribution is 2.36. The SMILES string of the molecule is COC1=C(CC=C(C)C)C(=O)OC1c1ccccc1. The predicted octanol–water partition coefficient (Wildman–Crippen LogP) is 3.54. The third-order valence-electron chi connectivity index (χ3n) is 3.04. The average molecular weight is 258 g/mol. The maximum atomic E-state index is 12.0. The standard InChI is InChI=1S/C16H18O3/c1-11(2)9-10-13-15(18-3)14(19-16(13)17)12-7-5-4-6-8-12/h4-9,14H,10H2,1-3H3. The van der Waals surface area contributed by atoms with Crippen LogP contribution in [0.3, 0.4) is 0 Å². The Bertz CT molecular complexity index is 522. The van der Waals surface area contributed by atoms with Crippen molar-refractivity contribution in [2.45, 2.75) is 26.4 Å². The fourth-order valence-corrected chi connectivity index (χ4v) is 2.06. The second kappa shape index (κ2) is 5.74. The molecule has 0 amide bonds. The van der Waals surface area contributed by atoms with Crippen molar-refractivity contribution < 1.29 is 14.3 Å². The van der Waals surface area contributed by atoms with E-state index in [0.717, 1.165) is 5.56 Å². The number of cyclic esters (lactones) is 1. The van der Waals surface area contributed by atoms with Crippen LogP contribution >= 0.6 is 0 Å². The van der Waals surface area contributed by atoms with Crippen molar-refractivity contribution in [2.75, 3.05) is 7.11 Å². The van der Waals surface area contributed by atoms with Gasteiger partial charge in [-0.1, -0.05) is 42.0 Å². The Morgan fingerprint density at radius 3 is 2.58 bits per heavy atom. The molecule has 19 heavy (non-hydrogen) atoms. The zero-order valence-corrected chi connectivity index (χ0v) is 11.5. The maximum Gasteiger partial charge on any atom is 0.338 e. The van der Waals surface area contributed by atoms with Gasteiger partial charge in [0.1, 0.15) is 0 Å². The Kier molecular flexibility index (Phi) is 4.05. The highest BCUT2D eigenvalue weighted by molar-refractivity contribution is 5.92. The second-order valence-corrected chi connectivity index (χ2v) is 4.73. The van der Waals surface area contributed by atoms with Crippen LogP contribution in [0.15, 0.2) is 53.3 Å². The van der Waals surface area contributed by atoms with Crippen LogP contribution in [-0.4, -0.2) is 13.1 Å². The molecule has 0 aromatic heterocycles. The highest BCUT2D eigenvalue weighted by Gasteiger charge is 2.35. The smallest absolute Gasteiger partial charge is 0.338 e. The highest BCUT2D eigenvalue weighted by atomic mass is 16.6. The van der Waals surface area contributed by atoms with Gasteiger partial charge >= 0.3 is 5.97 Å². The summed E-state index contributed by atoms with van der Waals surface area (Å²) in [6.07, 6.45) is 2.13. The maximum absolute atomic E-state index is 12.0. The van der Waals surface area contributed by atoms with Crippen molar-refractivity contribution in [1.29, 1.82) is 0 Å². The molecule has 3 nitrogen and oxygen atoms in total. The minimum atomic E-state index is -0.417. The molecule has 1 unspecified atom stereocenters. The molecule has 0 saturated heterocycles. The Labute approximate surface area is 113 Å². The first-order valence-electron chi connectivity index (χ1n) is 6.29. The second-order valence-electron chi connectivity index (χ2n) is 4.73. The van der Waals surface area contributed by atoms with Crippen molar-refractivity contribution in [3.8, 4) is 0 Å². The monoisotopic (exact) mass is 258 g/mol. The Balaban J connectivity index is 2.33. The Hall–Kier alpha value is -2.03. The number of allylic oxidation sites excluding steroid dienone is 2. The lowest BCUT2D eigenvalue weighted by Gasteiger charge is -2.13. The van der Waals surface area contributed by atoms with E-state index in [4.69, 9.17) is 9.47 Å². The van der Waals surface area contributed by atoms with Gasteiger partial charge in [0.05, 0.1) is 12.7 Å². The van der Waals surface area contributed by atoms with Gasteiger partial charge in [0.25, 0.3) is 0 Å². The van der Waals surface area contributed by atoms with Crippen molar-refractivity contribution in [2.24, 2.45) is 0 Å². The van der Waals surface area contributed by atoms with Gasteiger partial charge in [-0.2, -0.15) is 0 Å². The number of ether oxygens (including phenoxy) is 2. The summed E-state index contributed by atoms with van der Waals surface area (Å²) in [4.78, 5) is 12.0. The van der Waals surface area contributed by atoms with Crippen LogP contribution in [0.5, 0.6) is 0 Å². The number of benzene rings is 1. The number of hydrogen-bond donors (Lipinski definition) is 0. The number of methoxy groups -OCH3 is 1. The lowest BCUT2D eigenvalue weighted by atomic mass is 10.0.